The molecule has 1 saturated heterocycles. The maximum Gasteiger partial charge on any atom is 0.248 e. The Morgan fingerprint density at radius 3 is 2.52 bits per heavy atom. The highest BCUT2D eigenvalue weighted by atomic mass is 16.5. The molecule has 0 unspecified atom stereocenters. The number of ether oxygens (including phenoxy) is 2. The van der Waals surface area contributed by atoms with Crippen LogP contribution < -0.4 is 19.7 Å². The van der Waals surface area contributed by atoms with Crippen LogP contribution in [-0.2, 0) is 9.59 Å². The fourth-order valence-corrected chi connectivity index (χ4v) is 3.14. The number of carbonyl (C=O) groups is 2. The van der Waals surface area contributed by atoms with Crippen molar-refractivity contribution in [3.8, 4) is 11.5 Å². The van der Waals surface area contributed by atoms with E-state index in [-0.39, 0.29) is 17.9 Å². The van der Waals surface area contributed by atoms with Gasteiger partial charge in [-0.05, 0) is 68.3 Å². The Kier molecular flexibility index (Phi) is 6.54. The zero-order chi connectivity index (χ0) is 20.8. The summed E-state index contributed by atoms with van der Waals surface area (Å²) in [6.07, 6.45) is 4.71. The quantitative estimate of drug-likeness (QED) is 0.713. The second-order valence-electron chi connectivity index (χ2n) is 7.10. The number of methoxy groups -OCH3 is 1. The third kappa shape index (κ3) is 5.38. The van der Waals surface area contributed by atoms with Gasteiger partial charge in [0.15, 0.2) is 11.5 Å². The first kappa shape index (κ1) is 20.5. The third-order valence-electron chi connectivity index (χ3n) is 4.50. The summed E-state index contributed by atoms with van der Waals surface area (Å²) in [5, 5.41) is 2.82. The van der Waals surface area contributed by atoms with Gasteiger partial charge >= 0.3 is 0 Å². The van der Waals surface area contributed by atoms with Gasteiger partial charge in [-0.2, -0.15) is 0 Å². The number of nitrogens with zero attached hydrogens (tertiary/aromatic N) is 1. The number of hydrogen-bond donors (Lipinski definition) is 1. The number of rotatable bonds is 7. The Morgan fingerprint density at radius 1 is 1.14 bits per heavy atom. The summed E-state index contributed by atoms with van der Waals surface area (Å²) in [5.41, 5.74) is 2.36. The minimum Gasteiger partial charge on any atom is -0.493 e. The SMILES string of the molecule is COc1cc(/C=C/C(=O)Nc2ccc(N3CCCC3=O)cc2)ccc1OC(C)C. The van der Waals surface area contributed by atoms with Gasteiger partial charge in [-0.15, -0.1) is 0 Å². The lowest BCUT2D eigenvalue weighted by Gasteiger charge is -2.15. The maximum absolute atomic E-state index is 12.2. The van der Waals surface area contributed by atoms with Crippen molar-refractivity contribution in [1.82, 2.24) is 0 Å². The van der Waals surface area contributed by atoms with Crippen LogP contribution in [0.3, 0.4) is 0 Å². The first-order valence-electron chi connectivity index (χ1n) is 9.70. The van der Waals surface area contributed by atoms with Crippen LogP contribution in [-0.4, -0.2) is 31.6 Å². The maximum atomic E-state index is 12.2. The van der Waals surface area contributed by atoms with E-state index >= 15 is 0 Å². The largest absolute Gasteiger partial charge is 0.493 e. The van der Waals surface area contributed by atoms with Gasteiger partial charge in [0.05, 0.1) is 13.2 Å². The molecule has 0 bridgehead atoms. The van der Waals surface area contributed by atoms with Crippen molar-refractivity contribution >= 4 is 29.3 Å². The van der Waals surface area contributed by atoms with Gasteiger partial charge in [-0.1, -0.05) is 6.07 Å². The first-order valence-corrected chi connectivity index (χ1v) is 9.70. The molecule has 29 heavy (non-hydrogen) atoms. The molecule has 0 saturated carbocycles. The third-order valence-corrected chi connectivity index (χ3v) is 4.50. The summed E-state index contributed by atoms with van der Waals surface area (Å²) >= 11 is 0. The van der Waals surface area contributed by atoms with Crippen molar-refractivity contribution in [3.05, 3.63) is 54.1 Å². The van der Waals surface area contributed by atoms with Gasteiger partial charge in [0.25, 0.3) is 0 Å². The van der Waals surface area contributed by atoms with Crippen LogP contribution in [0, 0.1) is 0 Å². The van der Waals surface area contributed by atoms with E-state index in [0.29, 0.717) is 23.6 Å². The molecular formula is C23H26N2O4. The monoisotopic (exact) mass is 394 g/mol. The molecule has 2 aromatic carbocycles. The van der Waals surface area contributed by atoms with Crippen LogP contribution >= 0.6 is 0 Å². The summed E-state index contributed by atoms with van der Waals surface area (Å²) in [4.78, 5) is 25.8. The van der Waals surface area contributed by atoms with Crippen molar-refractivity contribution in [2.75, 3.05) is 23.9 Å². The molecule has 1 aliphatic rings. The van der Waals surface area contributed by atoms with Crippen LogP contribution in [0.1, 0.15) is 32.3 Å². The predicted molar refractivity (Wildman–Crippen MR) is 114 cm³/mol. The van der Waals surface area contributed by atoms with E-state index in [4.69, 9.17) is 9.47 Å². The summed E-state index contributed by atoms with van der Waals surface area (Å²) in [5.74, 6) is 1.19. The molecule has 0 atom stereocenters. The Morgan fingerprint density at radius 2 is 1.90 bits per heavy atom. The predicted octanol–water partition coefficient (Wildman–Crippen LogP) is 4.26. The fraction of sp³-hybridized carbons (Fsp3) is 0.304. The Hall–Kier alpha value is -3.28. The Bertz CT molecular complexity index is 904. The molecule has 0 aliphatic carbocycles. The van der Waals surface area contributed by atoms with Crippen LogP contribution in [0.15, 0.2) is 48.5 Å². The highest BCUT2D eigenvalue weighted by Crippen LogP contribution is 2.29. The molecule has 1 fully saturated rings. The lowest BCUT2D eigenvalue weighted by Crippen LogP contribution is -2.23. The molecule has 0 aromatic heterocycles. The highest BCUT2D eigenvalue weighted by molar-refractivity contribution is 6.02. The lowest BCUT2D eigenvalue weighted by atomic mass is 10.2. The van der Waals surface area contributed by atoms with Gasteiger partial charge in [-0.3, -0.25) is 9.59 Å². The van der Waals surface area contributed by atoms with Gasteiger partial charge < -0.3 is 19.7 Å². The summed E-state index contributed by atoms with van der Waals surface area (Å²) in [6, 6.07) is 12.8. The van der Waals surface area contributed by atoms with E-state index in [0.717, 1.165) is 24.2 Å². The Balaban J connectivity index is 1.61. The van der Waals surface area contributed by atoms with E-state index in [1.54, 1.807) is 30.2 Å². The standard InChI is InChI=1S/C23H26N2O4/c1-16(2)29-20-12-6-17(15-21(20)28-3)7-13-22(26)24-18-8-10-19(11-9-18)25-14-4-5-23(25)27/h6-13,15-16H,4-5,14H2,1-3H3,(H,24,26)/b13-7+. The van der Waals surface area contributed by atoms with E-state index in [2.05, 4.69) is 5.32 Å². The van der Waals surface area contributed by atoms with Gasteiger partial charge in [0, 0.05) is 30.4 Å². The summed E-state index contributed by atoms with van der Waals surface area (Å²) in [7, 11) is 1.59. The van der Waals surface area contributed by atoms with E-state index in [1.807, 2.05) is 44.2 Å². The molecule has 6 nitrogen and oxygen atoms in total. The molecule has 1 N–H and O–H groups in total. The second kappa shape index (κ2) is 9.28. The van der Waals surface area contributed by atoms with Crippen molar-refractivity contribution < 1.29 is 19.1 Å². The van der Waals surface area contributed by atoms with Crippen LogP contribution in [0.2, 0.25) is 0 Å². The molecule has 152 valence electrons. The molecule has 2 amide bonds. The molecular weight excluding hydrogens is 368 g/mol. The molecule has 0 spiro atoms. The molecule has 3 rings (SSSR count). The zero-order valence-corrected chi connectivity index (χ0v) is 17.0. The van der Waals surface area contributed by atoms with Crippen molar-refractivity contribution in [1.29, 1.82) is 0 Å². The minimum absolute atomic E-state index is 0.0473. The van der Waals surface area contributed by atoms with Gasteiger partial charge in [0.1, 0.15) is 0 Å². The normalized spacial score (nSPS) is 13.9. The topological polar surface area (TPSA) is 67.9 Å². The van der Waals surface area contributed by atoms with Crippen LogP contribution in [0.25, 0.3) is 6.08 Å². The average Bonchev–Trinajstić information content (AvgIpc) is 3.13. The zero-order valence-electron chi connectivity index (χ0n) is 17.0. The number of amides is 2. The first-order chi connectivity index (χ1) is 14.0. The van der Waals surface area contributed by atoms with Crippen molar-refractivity contribution in [2.45, 2.75) is 32.8 Å². The summed E-state index contributed by atoms with van der Waals surface area (Å²) in [6.45, 7) is 4.65. The molecule has 2 aromatic rings. The van der Waals surface area contributed by atoms with E-state index in [9.17, 15) is 9.59 Å². The van der Waals surface area contributed by atoms with Crippen molar-refractivity contribution in [2.24, 2.45) is 0 Å². The number of benzene rings is 2. The second-order valence-corrected chi connectivity index (χ2v) is 7.10. The number of carbonyl (C=O) groups excluding carboxylic acids is 2. The summed E-state index contributed by atoms with van der Waals surface area (Å²) < 4.78 is 11.1. The lowest BCUT2D eigenvalue weighted by molar-refractivity contribution is -0.117. The molecule has 1 aliphatic heterocycles. The molecule has 6 heteroatoms. The van der Waals surface area contributed by atoms with Gasteiger partial charge in [-0.25, -0.2) is 0 Å². The van der Waals surface area contributed by atoms with Crippen LogP contribution in [0.5, 0.6) is 11.5 Å². The minimum atomic E-state index is -0.239. The van der Waals surface area contributed by atoms with E-state index in [1.165, 1.54) is 6.08 Å². The van der Waals surface area contributed by atoms with Crippen molar-refractivity contribution in [3.63, 3.8) is 0 Å². The number of nitrogens with one attached hydrogen (secondary N) is 1. The Labute approximate surface area is 171 Å². The van der Waals surface area contributed by atoms with Gasteiger partial charge in [0.2, 0.25) is 11.8 Å². The van der Waals surface area contributed by atoms with Crippen LogP contribution in [0.4, 0.5) is 11.4 Å². The molecule has 0 radical (unpaired) electrons. The fourth-order valence-electron chi connectivity index (χ4n) is 3.14. The van der Waals surface area contributed by atoms with E-state index < -0.39 is 0 Å². The highest BCUT2D eigenvalue weighted by Gasteiger charge is 2.21. The smallest absolute Gasteiger partial charge is 0.248 e. The number of hydrogen-bond acceptors (Lipinski definition) is 4. The average molecular weight is 394 g/mol. The molecule has 1 heterocycles. The number of anilines is 2.